The molecular formula is C14H17N3O5S. The first-order chi connectivity index (χ1) is 10.5. The van der Waals surface area contributed by atoms with Crippen molar-refractivity contribution in [3.05, 3.63) is 40.6 Å². The lowest BCUT2D eigenvalue weighted by Gasteiger charge is -2.05. The van der Waals surface area contributed by atoms with Gasteiger partial charge in [0.2, 0.25) is 0 Å². The van der Waals surface area contributed by atoms with Crippen LogP contribution in [0.3, 0.4) is 0 Å². The van der Waals surface area contributed by atoms with E-state index in [0.717, 1.165) is 6.07 Å². The highest BCUT2D eigenvalue weighted by Gasteiger charge is 2.26. The number of hydrogen-bond donors (Lipinski definition) is 2. The lowest BCUT2D eigenvalue weighted by Crippen LogP contribution is -2.31. The molecule has 0 atom stereocenters. The van der Waals surface area contributed by atoms with Gasteiger partial charge in [-0.05, 0) is 26.8 Å². The third-order valence-corrected chi connectivity index (χ3v) is 4.86. The summed E-state index contributed by atoms with van der Waals surface area (Å²) >= 11 is 0. The Morgan fingerprint density at radius 2 is 1.83 bits per heavy atom. The maximum Gasteiger partial charge on any atom is 0.268 e. The molecule has 3 N–H and O–H groups in total. The number of rotatable bonds is 4. The van der Waals surface area contributed by atoms with E-state index in [1.54, 1.807) is 20.8 Å². The Labute approximate surface area is 133 Å². The largest absolute Gasteiger partial charge is 0.466 e. The molecule has 0 aromatic carbocycles. The number of furan rings is 1. The summed E-state index contributed by atoms with van der Waals surface area (Å²) in [6.07, 6.45) is 1.20. The summed E-state index contributed by atoms with van der Waals surface area (Å²) < 4.78 is 33.2. The van der Waals surface area contributed by atoms with Crippen LogP contribution in [0.25, 0.3) is 0 Å². The third kappa shape index (κ3) is 3.00. The fourth-order valence-corrected chi connectivity index (χ4v) is 3.31. The van der Waals surface area contributed by atoms with Gasteiger partial charge in [0, 0.05) is 18.8 Å². The van der Waals surface area contributed by atoms with Crippen molar-refractivity contribution in [2.24, 2.45) is 12.8 Å². The molecule has 0 aliphatic rings. The average Bonchev–Trinajstić information content (AvgIpc) is 2.91. The van der Waals surface area contributed by atoms with E-state index in [2.05, 4.69) is 0 Å². The number of nitrogens with two attached hydrogens (primary N) is 1. The first-order valence-corrected chi connectivity index (χ1v) is 8.12. The summed E-state index contributed by atoms with van der Waals surface area (Å²) in [6, 6.07) is 1.11. The second-order valence-corrected chi connectivity index (χ2v) is 6.87. The standard InChI is InChI=1S/C14H17N3O5S/c1-7-8(2)22-9(3)12(7)14(19)16-23(20,21)10-5-11(13(15)18)17(4)6-10/h5-6H,1-4H3,(H2,15,18)(H,16,19). The van der Waals surface area contributed by atoms with Crippen LogP contribution < -0.4 is 10.5 Å². The van der Waals surface area contributed by atoms with Crippen molar-refractivity contribution < 1.29 is 22.4 Å². The number of nitrogens with one attached hydrogen (secondary N) is 1. The molecule has 0 saturated heterocycles. The minimum absolute atomic E-state index is 0.0179. The molecule has 2 rings (SSSR count). The molecule has 0 bridgehead atoms. The maximum atomic E-state index is 12.3. The summed E-state index contributed by atoms with van der Waals surface area (Å²) in [7, 11) is -2.66. The summed E-state index contributed by atoms with van der Waals surface area (Å²) in [5.74, 6) is -0.682. The van der Waals surface area contributed by atoms with E-state index in [4.69, 9.17) is 10.2 Å². The fraction of sp³-hybridized carbons (Fsp3) is 0.286. The van der Waals surface area contributed by atoms with Gasteiger partial charge in [-0.15, -0.1) is 0 Å². The van der Waals surface area contributed by atoms with E-state index in [1.807, 2.05) is 4.72 Å². The monoisotopic (exact) mass is 339 g/mol. The average molecular weight is 339 g/mol. The van der Waals surface area contributed by atoms with Crippen molar-refractivity contribution in [3.8, 4) is 0 Å². The van der Waals surface area contributed by atoms with Gasteiger partial charge >= 0.3 is 0 Å². The summed E-state index contributed by atoms with van der Waals surface area (Å²) in [5, 5.41) is 0. The number of primary amides is 1. The number of aryl methyl sites for hydroxylation is 3. The SMILES string of the molecule is Cc1oc(C)c(C(=O)NS(=O)(=O)c2cc(C(N)=O)n(C)c2)c1C. The topological polar surface area (TPSA) is 124 Å². The molecular weight excluding hydrogens is 322 g/mol. The number of carbonyl (C=O) groups excluding carboxylic acids is 2. The predicted molar refractivity (Wildman–Crippen MR) is 81.5 cm³/mol. The van der Waals surface area contributed by atoms with Crippen molar-refractivity contribution >= 4 is 21.8 Å². The Morgan fingerprint density at radius 3 is 2.26 bits per heavy atom. The van der Waals surface area contributed by atoms with Gasteiger partial charge in [-0.25, -0.2) is 13.1 Å². The van der Waals surface area contributed by atoms with Gasteiger partial charge in [-0.3, -0.25) is 9.59 Å². The molecule has 2 heterocycles. The zero-order chi connectivity index (χ0) is 17.5. The van der Waals surface area contributed by atoms with Crippen molar-refractivity contribution in [2.45, 2.75) is 25.7 Å². The Morgan fingerprint density at radius 1 is 1.22 bits per heavy atom. The molecule has 2 amide bonds. The molecule has 8 nitrogen and oxygen atoms in total. The van der Waals surface area contributed by atoms with Crippen molar-refractivity contribution in [3.63, 3.8) is 0 Å². The van der Waals surface area contributed by atoms with Crippen LogP contribution in [0.4, 0.5) is 0 Å². The number of aromatic nitrogens is 1. The predicted octanol–water partition coefficient (Wildman–Crippen LogP) is 0.761. The highest BCUT2D eigenvalue weighted by atomic mass is 32.2. The number of hydrogen-bond acceptors (Lipinski definition) is 5. The minimum atomic E-state index is -4.14. The number of nitrogens with zero attached hydrogens (tertiary/aromatic N) is 1. The number of carbonyl (C=O) groups is 2. The van der Waals surface area contributed by atoms with Crippen LogP contribution in [-0.4, -0.2) is 24.8 Å². The van der Waals surface area contributed by atoms with Crippen molar-refractivity contribution in [1.29, 1.82) is 0 Å². The number of sulfonamides is 1. The van der Waals surface area contributed by atoms with E-state index in [1.165, 1.54) is 17.8 Å². The highest BCUT2D eigenvalue weighted by Crippen LogP contribution is 2.21. The Balaban J connectivity index is 2.36. The molecule has 0 aliphatic heterocycles. The van der Waals surface area contributed by atoms with Gasteiger partial charge in [0.15, 0.2) is 0 Å². The van der Waals surface area contributed by atoms with Crippen LogP contribution in [-0.2, 0) is 17.1 Å². The van der Waals surface area contributed by atoms with Crippen molar-refractivity contribution in [2.75, 3.05) is 0 Å². The van der Waals surface area contributed by atoms with Crippen LogP contribution in [0, 0.1) is 20.8 Å². The van der Waals surface area contributed by atoms with Crippen LogP contribution in [0.2, 0.25) is 0 Å². The normalized spacial score (nSPS) is 11.5. The molecule has 0 fully saturated rings. The van der Waals surface area contributed by atoms with Gasteiger partial charge in [0.1, 0.15) is 22.1 Å². The van der Waals surface area contributed by atoms with Crippen molar-refractivity contribution in [1.82, 2.24) is 9.29 Å². The summed E-state index contributed by atoms with van der Waals surface area (Å²) in [5.41, 5.74) is 5.92. The van der Waals surface area contributed by atoms with Gasteiger partial charge in [0.05, 0.1) is 5.56 Å². The quantitative estimate of drug-likeness (QED) is 0.851. The second-order valence-electron chi connectivity index (χ2n) is 5.19. The molecule has 9 heteroatoms. The van der Waals surface area contributed by atoms with Gasteiger partial charge < -0.3 is 14.7 Å². The molecule has 0 aliphatic carbocycles. The molecule has 0 spiro atoms. The Kier molecular flexibility index (Phi) is 4.08. The van der Waals surface area contributed by atoms with E-state index in [9.17, 15) is 18.0 Å². The van der Waals surface area contributed by atoms with E-state index in [0.29, 0.717) is 17.1 Å². The zero-order valence-electron chi connectivity index (χ0n) is 13.1. The molecule has 23 heavy (non-hydrogen) atoms. The molecule has 2 aromatic heterocycles. The van der Waals surface area contributed by atoms with Crippen LogP contribution in [0.5, 0.6) is 0 Å². The Hall–Kier alpha value is -2.55. The lowest BCUT2D eigenvalue weighted by atomic mass is 10.1. The third-order valence-electron chi connectivity index (χ3n) is 3.56. The van der Waals surface area contributed by atoms with E-state index in [-0.39, 0.29) is 16.2 Å². The molecule has 0 unspecified atom stereocenters. The Bertz CT molecular complexity index is 905. The van der Waals surface area contributed by atoms with Gasteiger partial charge in [-0.1, -0.05) is 0 Å². The minimum Gasteiger partial charge on any atom is -0.466 e. The van der Waals surface area contributed by atoms with Crippen LogP contribution >= 0.6 is 0 Å². The van der Waals surface area contributed by atoms with Gasteiger partial charge in [-0.2, -0.15) is 0 Å². The van der Waals surface area contributed by atoms with Crippen LogP contribution in [0.1, 0.15) is 37.9 Å². The molecule has 2 aromatic rings. The first kappa shape index (κ1) is 16.8. The second kappa shape index (κ2) is 5.58. The highest BCUT2D eigenvalue weighted by molar-refractivity contribution is 7.90. The number of amides is 2. The fourth-order valence-electron chi connectivity index (χ4n) is 2.29. The van der Waals surface area contributed by atoms with E-state index >= 15 is 0 Å². The maximum absolute atomic E-state index is 12.3. The van der Waals surface area contributed by atoms with Gasteiger partial charge in [0.25, 0.3) is 21.8 Å². The zero-order valence-corrected chi connectivity index (χ0v) is 13.9. The van der Waals surface area contributed by atoms with Crippen LogP contribution in [0.15, 0.2) is 21.6 Å². The lowest BCUT2D eigenvalue weighted by molar-refractivity contribution is 0.0975. The van der Waals surface area contributed by atoms with E-state index < -0.39 is 21.8 Å². The molecule has 0 saturated carbocycles. The smallest absolute Gasteiger partial charge is 0.268 e. The molecule has 124 valence electrons. The first-order valence-electron chi connectivity index (χ1n) is 6.64. The molecule has 0 radical (unpaired) electrons. The summed E-state index contributed by atoms with van der Waals surface area (Å²) in [4.78, 5) is 23.2. The summed E-state index contributed by atoms with van der Waals surface area (Å²) in [6.45, 7) is 4.93.